The van der Waals surface area contributed by atoms with E-state index in [1.54, 1.807) is 20.3 Å². The fourth-order valence-electron chi connectivity index (χ4n) is 1.29. The van der Waals surface area contributed by atoms with Gasteiger partial charge in [0.2, 0.25) is 0 Å². The van der Waals surface area contributed by atoms with Crippen LogP contribution in [0.5, 0.6) is 11.5 Å². The monoisotopic (exact) mass is 215 g/mol. The largest absolute Gasteiger partial charge is 0.493 e. The summed E-state index contributed by atoms with van der Waals surface area (Å²) in [5, 5.41) is 0. The first-order valence-corrected chi connectivity index (χ1v) is 4.66. The van der Waals surface area contributed by atoms with Crippen molar-refractivity contribution < 1.29 is 9.47 Å². The van der Waals surface area contributed by atoms with Crippen LogP contribution in [-0.4, -0.2) is 14.2 Å². The van der Waals surface area contributed by atoms with E-state index in [0.29, 0.717) is 11.5 Å². The molecule has 0 saturated carbocycles. The molecule has 0 saturated heterocycles. The summed E-state index contributed by atoms with van der Waals surface area (Å²) in [7, 11) is 3.17. The van der Waals surface area contributed by atoms with Gasteiger partial charge in [0, 0.05) is 0 Å². The number of methoxy groups -OCH3 is 2. The summed E-state index contributed by atoms with van der Waals surface area (Å²) >= 11 is 5.81. The number of nitrogens with two attached hydrogens (primary N) is 1. The minimum atomic E-state index is -0.519. The number of benzene rings is 1. The molecule has 0 aliphatic rings. The van der Waals surface area contributed by atoms with E-state index in [-0.39, 0.29) is 0 Å². The van der Waals surface area contributed by atoms with Gasteiger partial charge in [-0.2, -0.15) is 0 Å². The summed E-state index contributed by atoms with van der Waals surface area (Å²) < 4.78 is 10.3. The minimum absolute atomic E-state index is 0.519. The van der Waals surface area contributed by atoms with Crippen molar-refractivity contribution in [3.63, 3.8) is 0 Å². The highest BCUT2D eigenvalue weighted by Crippen LogP contribution is 2.33. The second kappa shape index (κ2) is 4.53. The first-order chi connectivity index (χ1) is 6.60. The number of hydrogen-bond acceptors (Lipinski definition) is 3. The van der Waals surface area contributed by atoms with Crippen LogP contribution in [0.1, 0.15) is 16.6 Å². The molecule has 4 heteroatoms. The molecule has 0 radical (unpaired) electrons. The van der Waals surface area contributed by atoms with Gasteiger partial charge in [0.1, 0.15) is 5.50 Å². The summed E-state index contributed by atoms with van der Waals surface area (Å²) in [6, 6.07) is 3.66. The van der Waals surface area contributed by atoms with E-state index in [1.807, 2.05) is 13.0 Å². The summed E-state index contributed by atoms with van der Waals surface area (Å²) in [6.07, 6.45) is 0. The lowest BCUT2D eigenvalue weighted by Gasteiger charge is -2.13. The Kier molecular flexibility index (Phi) is 3.61. The maximum absolute atomic E-state index is 5.81. The third-order valence-electron chi connectivity index (χ3n) is 2.07. The highest BCUT2D eigenvalue weighted by atomic mass is 35.5. The van der Waals surface area contributed by atoms with Crippen molar-refractivity contribution in [2.45, 2.75) is 12.4 Å². The first-order valence-electron chi connectivity index (χ1n) is 4.22. The number of halogens is 1. The molecule has 0 amide bonds. The zero-order valence-corrected chi connectivity index (χ0v) is 9.26. The third kappa shape index (κ3) is 2.11. The van der Waals surface area contributed by atoms with Gasteiger partial charge in [-0.1, -0.05) is 0 Å². The van der Waals surface area contributed by atoms with E-state index < -0.39 is 5.50 Å². The van der Waals surface area contributed by atoms with E-state index in [9.17, 15) is 0 Å². The number of aryl methyl sites for hydroxylation is 1. The quantitative estimate of drug-likeness (QED) is 0.621. The van der Waals surface area contributed by atoms with Gasteiger partial charge < -0.3 is 15.2 Å². The van der Waals surface area contributed by atoms with Crippen LogP contribution in [0.2, 0.25) is 0 Å². The molecular formula is C10H14ClNO2. The highest BCUT2D eigenvalue weighted by Gasteiger charge is 2.11. The van der Waals surface area contributed by atoms with Crippen molar-refractivity contribution in [3.05, 3.63) is 23.3 Å². The van der Waals surface area contributed by atoms with E-state index in [2.05, 4.69) is 0 Å². The van der Waals surface area contributed by atoms with Crippen LogP contribution < -0.4 is 15.2 Å². The lowest BCUT2D eigenvalue weighted by atomic mass is 10.1. The van der Waals surface area contributed by atoms with Crippen molar-refractivity contribution in [1.29, 1.82) is 0 Å². The molecule has 1 aromatic rings. The highest BCUT2D eigenvalue weighted by molar-refractivity contribution is 6.20. The van der Waals surface area contributed by atoms with Crippen molar-refractivity contribution >= 4 is 11.6 Å². The van der Waals surface area contributed by atoms with Gasteiger partial charge in [-0.15, -0.1) is 11.6 Å². The van der Waals surface area contributed by atoms with Gasteiger partial charge in [-0.25, -0.2) is 0 Å². The molecule has 0 spiro atoms. The van der Waals surface area contributed by atoms with E-state index in [4.69, 9.17) is 26.8 Å². The van der Waals surface area contributed by atoms with E-state index in [1.165, 1.54) is 0 Å². The molecule has 0 aliphatic heterocycles. The number of rotatable bonds is 3. The molecule has 14 heavy (non-hydrogen) atoms. The van der Waals surface area contributed by atoms with Gasteiger partial charge in [0.05, 0.1) is 14.2 Å². The van der Waals surface area contributed by atoms with Gasteiger partial charge in [0.25, 0.3) is 0 Å². The molecule has 78 valence electrons. The fourth-order valence-corrected chi connectivity index (χ4v) is 1.53. The van der Waals surface area contributed by atoms with Gasteiger partial charge in [-0.3, -0.25) is 0 Å². The summed E-state index contributed by atoms with van der Waals surface area (Å²) in [6.45, 7) is 1.93. The minimum Gasteiger partial charge on any atom is -0.493 e. The Balaban J connectivity index is 3.23. The SMILES string of the molecule is COc1cc(C)c(C(N)Cl)cc1OC. The molecule has 1 unspecified atom stereocenters. The van der Waals surface area contributed by atoms with Crippen LogP contribution in [0.15, 0.2) is 12.1 Å². The van der Waals surface area contributed by atoms with Crippen LogP contribution in [-0.2, 0) is 0 Å². The Bertz CT molecular complexity index is 326. The summed E-state index contributed by atoms with van der Waals surface area (Å²) in [4.78, 5) is 0. The van der Waals surface area contributed by atoms with Gasteiger partial charge in [0.15, 0.2) is 11.5 Å². The van der Waals surface area contributed by atoms with Crippen LogP contribution in [0.3, 0.4) is 0 Å². The molecule has 0 aliphatic carbocycles. The Morgan fingerprint density at radius 3 is 2.14 bits per heavy atom. The van der Waals surface area contributed by atoms with Crippen molar-refractivity contribution in [2.75, 3.05) is 14.2 Å². The maximum Gasteiger partial charge on any atom is 0.161 e. The molecule has 0 bridgehead atoms. The normalized spacial score (nSPS) is 12.4. The zero-order chi connectivity index (χ0) is 10.7. The van der Waals surface area contributed by atoms with Crippen molar-refractivity contribution in [2.24, 2.45) is 5.73 Å². The predicted octanol–water partition coefficient (Wildman–Crippen LogP) is 2.21. The van der Waals surface area contributed by atoms with Crippen LogP contribution in [0.4, 0.5) is 0 Å². The van der Waals surface area contributed by atoms with Crippen LogP contribution in [0, 0.1) is 6.92 Å². The topological polar surface area (TPSA) is 44.5 Å². The second-order valence-electron chi connectivity index (χ2n) is 2.97. The van der Waals surface area contributed by atoms with Crippen LogP contribution in [0.25, 0.3) is 0 Å². The van der Waals surface area contributed by atoms with Crippen molar-refractivity contribution in [1.82, 2.24) is 0 Å². The molecule has 1 rings (SSSR count). The molecule has 0 fully saturated rings. The molecule has 2 N–H and O–H groups in total. The molecule has 3 nitrogen and oxygen atoms in total. The Labute approximate surface area is 88.8 Å². The Morgan fingerprint density at radius 1 is 1.21 bits per heavy atom. The van der Waals surface area contributed by atoms with Crippen LogP contribution >= 0.6 is 11.6 Å². The fraction of sp³-hybridized carbons (Fsp3) is 0.400. The van der Waals surface area contributed by atoms with Crippen molar-refractivity contribution in [3.8, 4) is 11.5 Å². The molecule has 1 aromatic carbocycles. The maximum atomic E-state index is 5.81. The van der Waals surface area contributed by atoms with E-state index in [0.717, 1.165) is 11.1 Å². The average Bonchev–Trinajstić information content (AvgIpc) is 2.16. The second-order valence-corrected chi connectivity index (χ2v) is 3.44. The lowest BCUT2D eigenvalue weighted by molar-refractivity contribution is 0.354. The number of ether oxygens (including phenoxy) is 2. The molecule has 1 atom stereocenters. The molecular weight excluding hydrogens is 202 g/mol. The molecule has 0 aromatic heterocycles. The lowest BCUT2D eigenvalue weighted by Crippen LogP contribution is -2.05. The average molecular weight is 216 g/mol. The predicted molar refractivity (Wildman–Crippen MR) is 57.1 cm³/mol. The van der Waals surface area contributed by atoms with Gasteiger partial charge >= 0.3 is 0 Å². The standard InChI is InChI=1S/C10H14ClNO2/c1-6-4-8(13-2)9(14-3)5-7(6)10(11)12/h4-5,10H,12H2,1-3H3. The number of alkyl halides is 1. The summed E-state index contributed by atoms with van der Waals surface area (Å²) in [5.74, 6) is 1.33. The summed E-state index contributed by atoms with van der Waals surface area (Å²) in [5.41, 5.74) is 6.92. The first kappa shape index (κ1) is 11.1. The Morgan fingerprint density at radius 2 is 1.71 bits per heavy atom. The zero-order valence-electron chi connectivity index (χ0n) is 8.50. The third-order valence-corrected chi connectivity index (χ3v) is 2.30. The van der Waals surface area contributed by atoms with E-state index >= 15 is 0 Å². The number of hydrogen-bond donors (Lipinski definition) is 1. The Hall–Kier alpha value is -0.930. The smallest absolute Gasteiger partial charge is 0.161 e. The molecule has 0 heterocycles. The van der Waals surface area contributed by atoms with Gasteiger partial charge in [-0.05, 0) is 30.2 Å².